The Bertz CT molecular complexity index is 547. The van der Waals surface area contributed by atoms with Crippen LogP contribution >= 0.6 is 11.6 Å². The van der Waals surface area contributed by atoms with Crippen molar-refractivity contribution >= 4 is 11.6 Å². The Balaban J connectivity index is 2.73. The van der Waals surface area contributed by atoms with Gasteiger partial charge in [0.1, 0.15) is 5.41 Å². The third-order valence-corrected chi connectivity index (χ3v) is 5.16. The quantitative estimate of drug-likeness (QED) is 0.846. The standard InChI is InChI=1S/C17H22ClF3O2/c1-3-4-8-16(17(19,20)21)12(10-23-2)14(22)9-11-6-5-7-13(18)15(11)16/h5-7,12,14,22H,3-4,8-10H2,1-2H3. The first-order valence-corrected chi connectivity index (χ1v) is 8.19. The van der Waals surface area contributed by atoms with E-state index in [1.807, 2.05) is 6.92 Å². The van der Waals surface area contributed by atoms with Gasteiger partial charge in [0.05, 0.1) is 12.7 Å². The lowest BCUT2D eigenvalue weighted by molar-refractivity contribution is -0.228. The Morgan fingerprint density at radius 3 is 2.65 bits per heavy atom. The number of unbranched alkanes of at least 4 members (excludes halogenated alkanes) is 1. The predicted molar refractivity (Wildman–Crippen MR) is 83.8 cm³/mol. The molecule has 1 aliphatic rings. The lowest BCUT2D eigenvalue weighted by Gasteiger charge is -2.49. The average molecular weight is 351 g/mol. The van der Waals surface area contributed by atoms with Crippen molar-refractivity contribution in [1.29, 1.82) is 0 Å². The third-order valence-electron chi connectivity index (χ3n) is 4.85. The van der Waals surface area contributed by atoms with E-state index in [1.54, 1.807) is 12.1 Å². The van der Waals surface area contributed by atoms with Crippen LogP contribution < -0.4 is 0 Å². The van der Waals surface area contributed by atoms with Gasteiger partial charge in [-0.3, -0.25) is 0 Å². The summed E-state index contributed by atoms with van der Waals surface area (Å²) >= 11 is 6.20. The van der Waals surface area contributed by atoms with Gasteiger partial charge in [-0.25, -0.2) is 0 Å². The number of fused-ring (bicyclic) bond motifs is 1. The van der Waals surface area contributed by atoms with E-state index in [9.17, 15) is 18.3 Å². The Hall–Kier alpha value is -0.780. The summed E-state index contributed by atoms with van der Waals surface area (Å²) in [6.45, 7) is 1.69. The lowest BCUT2D eigenvalue weighted by atomic mass is 9.59. The zero-order chi connectivity index (χ0) is 17.3. The summed E-state index contributed by atoms with van der Waals surface area (Å²) in [5, 5.41) is 10.5. The molecule has 1 N–H and O–H groups in total. The van der Waals surface area contributed by atoms with Gasteiger partial charge in [-0.15, -0.1) is 0 Å². The number of aliphatic hydroxyl groups excluding tert-OH is 1. The number of benzene rings is 1. The molecule has 0 fully saturated rings. The van der Waals surface area contributed by atoms with Crippen LogP contribution in [0.5, 0.6) is 0 Å². The molecule has 0 radical (unpaired) electrons. The van der Waals surface area contributed by atoms with Crippen molar-refractivity contribution in [1.82, 2.24) is 0 Å². The Morgan fingerprint density at radius 1 is 1.39 bits per heavy atom. The van der Waals surface area contributed by atoms with Crippen LogP contribution in [0.25, 0.3) is 0 Å². The van der Waals surface area contributed by atoms with Crippen molar-refractivity contribution in [2.75, 3.05) is 13.7 Å². The highest BCUT2D eigenvalue weighted by Gasteiger charge is 2.64. The van der Waals surface area contributed by atoms with E-state index < -0.39 is 23.6 Å². The molecule has 0 aliphatic heterocycles. The molecule has 0 saturated carbocycles. The van der Waals surface area contributed by atoms with Gasteiger partial charge < -0.3 is 9.84 Å². The minimum atomic E-state index is -4.52. The van der Waals surface area contributed by atoms with Crippen molar-refractivity contribution in [2.45, 2.75) is 50.3 Å². The number of methoxy groups -OCH3 is 1. The maximum Gasteiger partial charge on any atom is 0.398 e. The normalized spacial score (nSPS) is 27.8. The molecule has 0 spiro atoms. The summed E-state index contributed by atoms with van der Waals surface area (Å²) in [6.07, 6.45) is -4.54. The van der Waals surface area contributed by atoms with Gasteiger partial charge in [0.25, 0.3) is 0 Å². The van der Waals surface area contributed by atoms with Gasteiger partial charge in [-0.2, -0.15) is 13.2 Å². The monoisotopic (exact) mass is 350 g/mol. The number of alkyl halides is 3. The van der Waals surface area contributed by atoms with E-state index in [0.717, 1.165) is 0 Å². The molecule has 0 saturated heterocycles. The van der Waals surface area contributed by atoms with Crippen molar-refractivity contribution in [3.63, 3.8) is 0 Å². The molecular weight excluding hydrogens is 329 g/mol. The lowest BCUT2D eigenvalue weighted by Crippen LogP contribution is -2.57. The van der Waals surface area contributed by atoms with Gasteiger partial charge in [-0.05, 0) is 30.0 Å². The molecule has 3 atom stereocenters. The van der Waals surface area contributed by atoms with Crippen LogP contribution in [0.4, 0.5) is 13.2 Å². The molecule has 0 bridgehead atoms. The van der Waals surface area contributed by atoms with Gasteiger partial charge in [0, 0.05) is 18.1 Å². The molecule has 2 rings (SSSR count). The molecule has 2 nitrogen and oxygen atoms in total. The molecule has 1 aromatic rings. The van der Waals surface area contributed by atoms with Gasteiger partial charge in [0.15, 0.2) is 0 Å². The van der Waals surface area contributed by atoms with Crippen LogP contribution in [0.15, 0.2) is 18.2 Å². The first kappa shape index (κ1) is 18.6. The highest BCUT2D eigenvalue weighted by Crippen LogP contribution is 2.56. The molecule has 3 unspecified atom stereocenters. The average Bonchev–Trinajstić information content (AvgIpc) is 2.46. The fourth-order valence-electron chi connectivity index (χ4n) is 3.81. The number of rotatable bonds is 5. The Morgan fingerprint density at radius 2 is 2.09 bits per heavy atom. The van der Waals surface area contributed by atoms with Gasteiger partial charge in [-0.1, -0.05) is 43.5 Å². The SMILES string of the molecule is CCCCC1(C(F)(F)F)c2c(Cl)cccc2CC(O)C1COC. The number of ether oxygens (including phenoxy) is 1. The van der Waals surface area contributed by atoms with Gasteiger partial charge in [0.2, 0.25) is 0 Å². The molecule has 0 heterocycles. The zero-order valence-corrected chi connectivity index (χ0v) is 14.0. The summed E-state index contributed by atoms with van der Waals surface area (Å²) < 4.78 is 47.9. The smallest absolute Gasteiger partial charge is 0.392 e. The summed E-state index contributed by atoms with van der Waals surface area (Å²) in [7, 11) is 1.36. The molecule has 1 aliphatic carbocycles. The van der Waals surface area contributed by atoms with E-state index >= 15 is 0 Å². The largest absolute Gasteiger partial charge is 0.398 e. The molecule has 0 amide bonds. The van der Waals surface area contributed by atoms with Crippen LogP contribution in [0.2, 0.25) is 5.02 Å². The number of hydrogen-bond acceptors (Lipinski definition) is 2. The highest BCUT2D eigenvalue weighted by molar-refractivity contribution is 6.31. The fourth-order valence-corrected chi connectivity index (χ4v) is 4.18. The van der Waals surface area contributed by atoms with Crippen LogP contribution in [0, 0.1) is 5.92 Å². The minimum Gasteiger partial charge on any atom is -0.392 e. The molecule has 1 aromatic carbocycles. The van der Waals surface area contributed by atoms with Crippen LogP contribution in [0.1, 0.15) is 37.3 Å². The minimum absolute atomic E-state index is 0.102. The zero-order valence-electron chi connectivity index (χ0n) is 13.3. The van der Waals surface area contributed by atoms with Crippen molar-refractivity contribution in [3.05, 3.63) is 34.3 Å². The van der Waals surface area contributed by atoms with Crippen LogP contribution in [0.3, 0.4) is 0 Å². The predicted octanol–water partition coefficient (Wildman–Crippen LogP) is 4.51. The Kier molecular flexibility index (Phi) is 5.64. The first-order valence-electron chi connectivity index (χ1n) is 7.81. The van der Waals surface area contributed by atoms with E-state index in [2.05, 4.69) is 0 Å². The van der Waals surface area contributed by atoms with Gasteiger partial charge >= 0.3 is 6.18 Å². The summed E-state index contributed by atoms with van der Waals surface area (Å²) in [6, 6.07) is 4.75. The van der Waals surface area contributed by atoms with Crippen molar-refractivity contribution in [2.24, 2.45) is 5.92 Å². The van der Waals surface area contributed by atoms with Crippen LogP contribution in [-0.4, -0.2) is 31.1 Å². The summed E-state index contributed by atoms with van der Waals surface area (Å²) in [4.78, 5) is 0. The fraction of sp³-hybridized carbons (Fsp3) is 0.647. The number of aliphatic hydroxyl groups is 1. The van der Waals surface area contributed by atoms with E-state index in [-0.39, 0.29) is 30.0 Å². The van der Waals surface area contributed by atoms with E-state index in [1.165, 1.54) is 13.2 Å². The molecule has 130 valence electrons. The van der Waals surface area contributed by atoms with Crippen molar-refractivity contribution < 1.29 is 23.0 Å². The van der Waals surface area contributed by atoms with E-state index in [4.69, 9.17) is 16.3 Å². The topological polar surface area (TPSA) is 29.5 Å². The first-order chi connectivity index (χ1) is 10.8. The maximum absolute atomic E-state index is 14.3. The molecule has 6 heteroatoms. The second-order valence-electron chi connectivity index (χ2n) is 6.18. The third kappa shape index (κ3) is 3.11. The maximum atomic E-state index is 14.3. The molecular formula is C17H22ClF3O2. The van der Waals surface area contributed by atoms with Crippen molar-refractivity contribution in [3.8, 4) is 0 Å². The van der Waals surface area contributed by atoms with Crippen LogP contribution in [-0.2, 0) is 16.6 Å². The summed E-state index contributed by atoms with van der Waals surface area (Å²) in [5.41, 5.74) is -1.58. The second kappa shape index (κ2) is 6.99. The summed E-state index contributed by atoms with van der Waals surface area (Å²) in [5.74, 6) is -1.06. The molecule has 23 heavy (non-hydrogen) atoms. The second-order valence-corrected chi connectivity index (χ2v) is 6.59. The van der Waals surface area contributed by atoms with E-state index in [0.29, 0.717) is 18.4 Å². The highest BCUT2D eigenvalue weighted by atomic mass is 35.5. The number of hydrogen-bond donors (Lipinski definition) is 1. The Labute approximate surface area is 139 Å². The number of halogens is 4. The molecule has 0 aromatic heterocycles.